The van der Waals surface area contributed by atoms with Gasteiger partial charge in [-0.1, -0.05) is 33.1 Å². The van der Waals surface area contributed by atoms with Crippen LogP contribution >= 0.6 is 0 Å². The first kappa shape index (κ1) is 17.9. The fourth-order valence-corrected chi connectivity index (χ4v) is 2.57. The predicted octanol–water partition coefficient (Wildman–Crippen LogP) is 3.82. The van der Waals surface area contributed by atoms with E-state index >= 15 is 0 Å². The molecule has 109 valence electrons. The maximum Gasteiger partial charge on any atom is 0.00897 e. The van der Waals surface area contributed by atoms with E-state index in [2.05, 4.69) is 58.3 Å². The van der Waals surface area contributed by atoms with Gasteiger partial charge in [0.05, 0.1) is 0 Å². The van der Waals surface area contributed by atoms with Crippen LogP contribution in [0.5, 0.6) is 0 Å². The first-order chi connectivity index (χ1) is 8.52. The molecule has 0 aliphatic carbocycles. The Balaban J connectivity index is 3.95. The molecule has 0 spiro atoms. The molecule has 0 aromatic rings. The number of hydrogen-bond acceptors (Lipinski definition) is 2. The Bertz CT molecular complexity index is 178. The minimum Gasteiger partial charge on any atom is -0.306 e. The van der Waals surface area contributed by atoms with E-state index < -0.39 is 0 Å². The minimum atomic E-state index is 0.745. The van der Waals surface area contributed by atoms with Gasteiger partial charge in [0.25, 0.3) is 0 Å². The molecule has 18 heavy (non-hydrogen) atoms. The predicted molar refractivity (Wildman–Crippen MR) is 82.9 cm³/mol. The van der Waals surface area contributed by atoms with E-state index in [1.54, 1.807) is 0 Å². The van der Waals surface area contributed by atoms with Crippen molar-refractivity contribution in [3.8, 4) is 0 Å². The van der Waals surface area contributed by atoms with Gasteiger partial charge in [0.2, 0.25) is 0 Å². The summed E-state index contributed by atoms with van der Waals surface area (Å²) in [7, 11) is 8.86. The van der Waals surface area contributed by atoms with Gasteiger partial charge < -0.3 is 9.80 Å². The van der Waals surface area contributed by atoms with Gasteiger partial charge in [-0.15, -0.1) is 0 Å². The molecular weight excluding hydrogens is 220 g/mol. The summed E-state index contributed by atoms with van der Waals surface area (Å²) in [5, 5.41) is 0. The lowest BCUT2D eigenvalue weighted by Gasteiger charge is -2.29. The van der Waals surface area contributed by atoms with Gasteiger partial charge in [0, 0.05) is 12.1 Å². The van der Waals surface area contributed by atoms with Crippen LogP contribution in [0.2, 0.25) is 0 Å². The molecule has 0 bridgehead atoms. The summed E-state index contributed by atoms with van der Waals surface area (Å²) in [5.41, 5.74) is 0. The standard InChI is InChI=1S/C16H35N2/c1-7-9-10-11-12-16(18(5)6)14-13-15(8-2)17(3)4/h9,15-16H,7-8,10-14H2,1-6H3. The van der Waals surface area contributed by atoms with Gasteiger partial charge in [0.1, 0.15) is 0 Å². The van der Waals surface area contributed by atoms with Crippen molar-refractivity contribution in [1.82, 2.24) is 9.80 Å². The number of unbranched alkanes of at least 4 members (excludes halogenated alkanes) is 3. The van der Waals surface area contributed by atoms with Crippen LogP contribution in [0.1, 0.15) is 58.8 Å². The van der Waals surface area contributed by atoms with Crippen molar-refractivity contribution >= 4 is 0 Å². The highest BCUT2D eigenvalue weighted by molar-refractivity contribution is 4.73. The molecule has 0 fully saturated rings. The largest absolute Gasteiger partial charge is 0.306 e. The van der Waals surface area contributed by atoms with E-state index in [-0.39, 0.29) is 0 Å². The Morgan fingerprint density at radius 1 is 0.833 bits per heavy atom. The second-order valence-electron chi connectivity index (χ2n) is 5.85. The topological polar surface area (TPSA) is 6.48 Å². The number of hydrogen-bond donors (Lipinski definition) is 0. The van der Waals surface area contributed by atoms with Crippen molar-refractivity contribution in [2.75, 3.05) is 28.2 Å². The molecule has 2 nitrogen and oxygen atoms in total. The summed E-state index contributed by atoms with van der Waals surface area (Å²) < 4.78 is 0. The summed E-state index contributed by atoms with van der Waals surface area (Å²) in [6.45, 7) is 4.53. The zero-order valence-corrected chi connectivity index (χ0v) is 13.6. The lowest BCUT2D eigenvalue weighted by Crippen LogP contribution is -2.32. The monoisotopic (exact) mass is 255 g/mol. The molecular formula is C16H35N2. The van der Waals surface area contributed by atoms with Crippen LogP contribution in [-0.4, -0.2) is 50.1 Å². The molecule has 0 aromatic heterocycles. The minimum absolute atomic E-state index is 0.745. The van der Waals surface area contributed by atoms with E-state index in [1.807, 2.05) is 0 Å². The third-order valence-corrected chi connectivity index (χ3v) is 4.00. The molecule has 0 aliphatic rings. The molecule has 2 heteroatoms. The van der Waals surface area contributed by atoms with Crippen LogP contribution in [-0.2, 0) is 0 Å². The lowest BCUT2D eigenvalue weighted by molar-refractivity contribution is 0.211. The molecule has 2 atom stereocenters. The fraction of sp³-hybridized carbons (Fsp3) is 0.938. The maximum absolute atomic E-state index is 2.41. The number of rotatable bonds is 11. The fourth-order valence-electron chi connectivity index (χ4n) is 2.57. The molecule has 0 N–H and O–H groups in total. The van der Waals surface area contributed by atoms with Crippen molar-refractivity contribution in [3.63, 3.8) is 0 Å². The van der Waals surface area contributed by atoms with Gasteiger partial charge >= 0.3 is 0 Å². The van der Waals surface area contributed by atoms with Gasteiger partial charge in [-0.3, -0.25) is 0 Å². The Morgan fingerprint density at radius 3 is 1.83 bits per heavy atom. The average Bonchev–Trinajstić information content (AvgIpc) is 2.31. The molecule has 0 rings (SSSR count). The zero-order chi connectivity index (χ0) is 14.0. The zero-order valence-electron chi connectivity index (χ0n) is 13.6. The summed E-state index contributed by atoms with van der Waals surface area (Å²) in [6, 6.07) is 1.50. The third kappa shape index (κ3) is 8.10. The molecule has 0 saturated carbocycles. The van der Waals surface area contributed by atoms with Gasteiger partial charge in [-0.25, -0.2) is 0 Å². The third-order valence-electron chi connectivity index (χ3n) is 4.00. The van der Waals surface area contributed by atoms with E-state index in [9.17, 15) is 0 Å². The Labute approximate surface area is 116 Å². The first-order valence-corrected chi connectivity index (χ1v) is 7.67. The van der Waals surface area contributed by atoms with Crippen LogP contribution < -0.4 is 0 Å². The van der Waals surface area contributed by atoms with Crippen molar-refractivity contribution in [3.05, 3.63) is 6.42 Å². The van der Waals surface area contributed by atoms with Crippen molar-refractivity contribution in [2.45, 2.75) is 70.9 Å². The van der Waals surface area contributed by atoms with E-state index in [1.165, 1.54) is 44.9 Å². The lowest BCUT2D eigenvalue weighted by atomic mass is 9.98. The molecule has 0 heterocycles. The summed E-state index contributed by atoms with van der Waals surface area (Å²) in [6.07, 6.45) is 11.5. The Hall–Kier alpha value is -0.0800. The van der Waals surface area contributed by atoms with E-state index in [0.717, 1.165) is 12.1 Å². The smallest absolute Gasteiger partial charge is 0.00897 e. The Morgan fingerprint density at radius 2 is 1.39 bits per heavy atom. The van der Waals surface area contributed by atoms with Gasteiger partial charge in [-0.2, -0.15) is 0 Å². The van der Waals surface area contributed by atoms with E-state index in [0.29, 0.717) is 0 Å². The second kappa shape index (κ2) is 10.8. The Kier molecular flexibility index (Phi) is 10.8. The molecule has 0 aromatic carbocycles. The number of nitrogens with zero attached hydrogens (tertiary/aromatic N) is 2. The summed E-state index contributed by atoms with van der Waals surface area (Å²) in [5.74, 6) is 0. The van der Waals surface area contributed by atoms with Crippen LogP contribution in [0.4, 0.5) is 0 Å². The maximum atomic E-state index is 2.41. The van der Waals surface area contributed by atoms with Crippen LogP contribution in [0.15, 0.2) is 0 Å². The SMILES string of the molecule is CC[CH]CCCC(CCC(CC)N(C)C)N(C)C. The van der Waals surface area contributed by atoms with Crippen molar-refractivity contribution < 1.29 is 0 Å². The second-order valence-corrected chi connectivity index (χ2v) is 5.85. The average molecular weight is 255 g/mol. The summed E-state index contributed by atoms with van der Waals surface area (Å²) in [4.78, 5) is 4.78. The molecule has 1 radical (unpaired) electrons. The normalized spacial score (nSPS) is 15.3. The van der Waals surface area contributed by atoms with Crippen LogP contribution in [0.3, 0.4) is 0 Å². The van der Waals surface area contributed by atoms with Crippen molar-refractivity contribution in [2.24, 2.45) is 0 Å². The highest BCUT2D eigenvalue weighted by Gasteiger charge is 2.15. The van der Waals surface area contributed by atoms with Gasteiger partial charge in [0.15, 0.2) is 0 Å². The molecule has 2 unspecified atom stereocenters. The highest BCUT2D eigenvalue weighted by Crippen LogP contribution is 2.17. The highest BCUT2D eigenvalue weighted by atomic mass is 15.1. The van der Waals surface area contributed by atoms with Crippen LogP contribution in [0.25, 0.3) is 0 Å². The first-order valence-electron chi connectivity index (χ1n) is 7.67. The van der Waals surface area contributed by atoms with Crippen LogP contribution in [0, 0.1) is 6.42 Å². The molecule has 0 aliphatic heterocycles. The molecule has 0 saturated heterocycles. The summed E-state index contributed by atoms with van der Waals surface area (Å²) >= 11 is 0. The van der Waals surface area contributed by atoms with E-state index in [4.69, 9.17) is 0 Å². The van der Waals surface area contributed by atoms with Gasteiger partial charge in [-0.05, 0) is 60.3 Å². The quantitative estimate of drug-likeness (QED) is 0.518. The van der Waals surface area contributed by atoms with Crippen molar-refractivity contribution in [1.29, 1.82) is 0 Å². The molecule has 0 amide bonds.